The molecule has 0 spiro atoms. The Kier molecular flexibility index (Phi) is 12.8. The molecule has 0 rings (SSSR count). The second-order valence-electron chi connectivity index (χ2n) is 3.87. The van der Waals surface area contributed by atoms with Crippen LogP contribution in [0, 0.1) is 0 Å². The summed E-state index contributed by atoms with van der Waals surface area (Å²) < 4.78 is 0. The number of hydrogen-bond donors (Lipinski definition) is 2. The van der Waals surface area contributed by atoms with Crippen molar-refractivity contribution >= 4 is 0 Å². The van der Waals surface area contributed by atoms with Gasteiger partial charge in [0.1, 0.15) is 0 Å². The van der Waals surface area contributed by atoms with Gasteiger partial charge in [-0.15, -0.1) is 0 Å². The molecule has 0 unspecified atom stereocenters. The molecule has 2 N–H and O–H groups in total. The maximum atomic E-state index is 3.45. The highest BCUT2D eigenvalue weighted by atomic mass is 14.9. The summed E-state index contributed by atoms with van der Waals surface area (Å²) in [6.45, 7) is 8.90. The number of unbranched alkanes of at least 4 members (excludes halogenated alkanes) is 5. The molecule has 0 radical (unpaired) electrons. The fourth-order valence-electron chi connectivity index (χ4n) is 1.51. The number of rotatable bonds is 11. The molecule has 14 heavy (non-hydrogen) atoms. The van der Waals surface area contributed by atoms with Gasteiger partial charge in [0, 0.05) is 13.1 Å². The molecule has 0 aliphatic rings. The van der Waals surface area contributed by atoms with Crippen molar-refractivity contribution in [1.29, 1.82) is 0 Å². The van der Waals surface area contributed by atoms with E-state index in [0.717, 1.165) is 19.6 Å². The van der Waals surface area contributed by atoms with Gasteiger partial charge in [-0.25, -0.2) is 0 Å². The van der Waals surface area contributed by atoms with Crippen LogP contribution in [0.5, 0.6) is 0 Å². The highest BCUT2D eigenvalue weighted by Gasteiger charge is 1.90. The third kappa shape index (κ3) is 11.9. The summed E-state index contributed by atoms with van der Waals surface area (Å²) in [5.74, 6) is 0. The Bertz CT molecular complexity index is 82.3. The van der Waals surface area contributed by atoms with E-state index in [2.05, 4.69) is 24.5 Å². The lowest BCUT2D eigenvalue weighted by Gasteiger charge is -2.04. The Hall–Kier alpha value is -0.0800. The molecule has 0 aromatic heterocycles. The topological polar surface area (TPSA) is 24.1 Å². The minimum Gasteiger partial charge on any atom is -0.316 e. The third-order valence-electron chi connectivity index (χ3n) is 2.44. The van der Waals surface area contributed by atoms with E-state index in [1.807, 2.05) is 0 Å². The summed E-state index contributed by atoms with van der Waals surface area (Å²) >= 11 is 0. The van der Waals surface area contributed by atoms with Crippen LogP contribution in [-0.4, -0.2) is 26.2 Å². The van der Waals surface area contributed by atoms with E-state index >= 15 is 0 Å². The van der Waals surface area contributed by atoms with Gasteiger partial charge in [0.2, 0.25) is 0 Å². The Morgan fingerprint density at radius 2 is 1.29 bits per heavy atom. The molecular weight excluding hydrogens is 172 g/mol. The Labute approximate surface area is 89.9 Å². The molecule has 2 nitrogen and oxygen atoms in total. The normalized spacial score (nSPS) is 10.7. The largest absolute Gasteiger partial charge is 0.316 e. The molecule has 0 aliphatic heterocycles. The quantitative estimate of drug-likeness (QED) is 0.501. The van der Waals surface area contributed by atoms with Crippen LogP contribution >= 0.6 is 0 Å². The number of hydrogen-bond acceptors (Lipinski definition) is 2. The molecule has 0 bridgehead atoms. The van der Waals surface area contributed by atoms with Crippen LogP contribution in [0.4, 0.5) is 0 Å². The SMILES string of the molecule is CCCCCCCCNCCNCC. The van der Waals surface area contributed by atoms with Crippen LogP contribution in [0.2, 0.25) is 0 Å². The van der Waals surface area contributed by atoms with Gasteiger partial charge in [-0.2, -0.15) is 0 Å². The molecule has 0 aromatic rings. The highest BCUT2D eigenvalue weighted by Crippen LogP contribution is 2.03. The standard InChI is InChI=1S/C12H28N2/c1-3-5-6-7-8-9-10-14-12-11-13-4-2/h13-14H,3-12H2,1-2H3. The van der Waals surface area contributed by atoms with Gasteiger partial charge in [0.25, 0.3) is 0 Å². The third-order valence-corrected chi connectivity index (χ3v) is 2.44. The lowest BCUT2D eigenvalue weighted by atomic mass is 10.1. The van der Waals surface area contributed by atoms with E-state index in [1.54, 1.807) is 0 Å². The monoisotopic (exact) mass is 200 g/mol. The Balaban J connectivity index is 2.78. The minimum atomic E-state index is 1.08. The van der Waals surface area contributed by atoms with Crippen molar-refractivity contribution in [2.24, 2.45) is 0 Å². The van der Waals surface area contributed by atoms with Crippen molar-refractivity contribution in [2.45, 2.75) is 52.4 Å². The lowest BCUT2D eigenvalue weighted by molar-refractivity contribution is 0.561. The van der Waals surface area contributed by atoms with E-state index < -0.39 is 0 Å². The first-order valence-electron chi connectivity index (χ1n) is 6.33. The molecule has 2 heteroatoms. The maximum absolute atomic E-state index is 3.45. The lowest BCUT2D eigenvalue weighted by Crippen LogP contribution is -2.27. The zero-order valence-electron chi connectivity index (χ0n) is 10.1. The van der Waals surface area contributed by atoms with E-state index in [9.17, 15) is 0 Å². The summed E-state index contributed by atoms with van der Waals surface area (Å²) in [6.07, 6.45) is 8.34. The summed E-state index contributed by atoms with van der Waals surface area (Å²) in [5, 5.41) is 6.75. The second-order valence-corrected chi connectivity index (χ2v) is 3.87. The fraction of sp³-hybridized carbons (Fsp3) is 1.00. The highest BCUT2D eigenvalue weighted by molar-refractivity contribution is 4.51. The van der Waals surface area contributed by atoms with Gasteiger partial charge in [0.15, 0.2) is 0 Å². The number of likely N-dealkylation sites (N-methyl/N-ethyl adjacent to an activating group) is 1. The molecule has 0 heterocycles. The summed E-state index contributed by atoms with van der Waals surface area (Å²) in [5.41, 5.74) is 0. The molecule has 0 fully saturated rings. The maximum Gasteiger partial charge on any atom is 0.00767 e. The Morgan fingerprint density at radius 3 is 2.00 bits per heavy atom. The van der Waals surface area contributed by atoms with Crippen molar-refractivity contribution < 1.29 is 0 Å². The van der Waals surface area contributed by atoms with Crippen molar-refractivity contribution in [3.63, 3.8) is 0 Å². The van der Waals surface area contributed by atoms with Gasteiger partial charge in [-0.05, 0) is 19.5 Å². The van der Waals surface area contributed by atoms with Crippen molar-refractivity contribution in [1.82, 2.24) is 10.6 Å². The van der Waals surface area contributed by atoms with E-state index in [-0.39, 0.29) is 0 Å². The van der Waals surface area contributed by atoms with Crippen molar-refractivity contribution in [3.05, 3.63) is 0 Å². The first-order chi connectivity index (χ1) is 6.91. The zero-order valence-corrected chi connectivity index (χ0v) is 10.1. The van der Waals surface area contributed by atoms with Gasteiger partial charge in [-0.3, -0.25) is 0 Å². The zero-order chi connectivity index (χ0) is 10.5. The fourth-order valence-corrected chi connectivity index (χ4v) is 1.51. The van der Waals surface area contributed by atoms with Crippen LogP contribution in [0.15, 0.2) is 0 Å². The molecule has 0 saturated carbocycles. The van der Waals surface area contributed by atoms with Crippen LogP contribution in [0.25, 0.3) is 0 Å². The van der Waals surface area contributed by atoms with Gasteiger partial charge in [0.05, 0.1) is 0 Å². The number of nitrogens with one attached hydrogen (secondary N) is 2. The summed E-state index contributed by atoms with van der Waals surface area (Å²) in [6, 6.07) is 0. The van der Waals surface area contributed by atoms with E-state index in [1.165, 1.54) is 45.1 Å². The van der Waals surface area contributed by atoms with Gasteiger partial charge in [-0.1, -0.05) is 46.0 Å². The van der Waals surface area contributed by atoms with E-state index in [0.29, 0.717) is 0 Å². The molecule has 0 atom stereocenters. The van der Waals surface area contributed by atoms with Crippen molar-refractivity contribution in [2.75, 3.05) is 26.2 Å². The van der Waals surface area contributed by atoms with E-state index in [4.69, 9.17) is 0 Å². The molecule has 0 amide bonds. The summed E-state index contributed by atoms with van der Waals surface area (Å²) in [4.78, 5) is 0. The molecule has 0 saturated heterocycles. The first kappa shape index (κ1) is 13.9. The minimum absolute atomic E-state index is 1.08. The smallest absolute Gasteiger partial charge is 0.00767 e. The predicted molar refractivity (Wildman–Crippen MR) is 64.8 cm³/mol. The van der Waals surface area contributed by atoms with Crippen LogP contribution in [0.1, 0.15) is 52.4 Å². The summed E-state index contributed by atoms with van der Waals surface area (Å²) in [7, 11) is 0. The average molecular weight is 200 g/mol. The van der Waals surface area contributed by atoms with Crippen LogP contribution in [0.3, 0.4) is 0 Å². The predicted octanol–water partition coefficient (Wildman–Crippen LogP) is 2.55. The molecule has 86 valence electrons. The van der Waals surface area contributed by atoms with Crippen LogP contribution < -0.4 is 10.6 Å². The first-order valence-corrected chi connectivity index (χ1v) is 6.33. The van der Waals surface area contributed by atoms with Crippen molar-refractivity contribution in [3.8, 4) is 0 Å². The molecule has 0 aliphatic carbocycles. The Morgan fingerprint density at radius 1 is 0.643 bits per heavy atom. The molecular formula is C12H28N2. The van der Waals surface area contributed by atoms with Gasteiger partial charge >= 0.3 is 0 Å². The van der Waals surface area contributed by atoms with Gasteiger partial charge < -0.3 is 10.6 Å². The average Bonchev–Trinajstić information content (AvgIpc) is 2.21. The second kappa shape index (κ2) is 12.9. The molecule has 0 aromatic carbocycles. The van der Waals surface area contributed by atoms with Crippen LogP contribution in [-0.2, 0) is 0 Å².